The van der Waals surface area contributed by atoms with Crippen molar-refractivity contribution in [1.82, 2.24) is 24.6 Å². The maximum atomic E-state index is 14.9. The molecule has 2 atom stereocenters. The monoisotopic (exact) mass is 483 g/mol. The van der Waals surface area contributed by atoms with E-state index in [0.29, 0.717) is 59.4 Å². The lowest BCUT2D eigenvalue weighted by atomic mass is 9.91. The van der Waals surface area contributed by atoms with Gasteiger partial charge in [0.2, 0.25) is 0 Å². The summed E-state index contributed by atoms with van der Waals surface area (Å²) in [5.74, 6) is -0.101. The van der Waals surface area contributed by atoms with Crippen molar-refractivity contribution in [3.63, 3.8) is 0 Å². The van der Waals surface area contributed by atoms with E-state index in [2.05, 4.69) is 18.9 Å². The molecule has 0 spiro atoms. The molecule has 4 heterocycles. The second-order valence-corrected chi connectivity index (χ2v) is 9.72. The Kier molecular flexibility index (Phi) is 6.12. The number of benzene rings is 1. The number of hydrogen-bond acceptors (Lipinski definition) is 5. The smallest absolute Gasteiger partial charge is 0.272 e. The van der Waals surface area contributed by atoms with E-state index in [4.69, 9.17) is 26.3 Å². The van der Waals surface area contributed by atoms with E-state index >= 15 is 0 Å². The third-order valence-electron chi connectivity index (χ3n) is 6.63. The minimum absolute atomic E-state index is 0.0272. The van der Waals surface area contributed by atoms with Crippen LogP contribution in [0, 0.1) is 5.82 Å². The first-order valence-corrected chi connectivity index (χ1v) is 12.0. The molecule has 1 amide bonds. The molecule has 5 rings (SSSR count). The zero-order valence-electron chi connectivity index (χ0n) is 19.5. The van der Waals surface area contributed by atoms with Crippen LogP contribution in [0.4, 0.5) is 4.39 Å². The molecular weight excluding hydrogens is 457 g/mol. The predicted molar refractivity (Wildman–Crippen MR) is 126 cm³/mol. The molecule has 2 aliphatic heterocycles. The number of nitrogens with zero attached hydrogens (tertiary/aromatic N) is 5. The van der Waals surface area contributed by atoms with Crippen molar-refractivity contribution in [2.75, 3.05) is 20.2 Å². The minimum Gasteiger partial charge on any atom is -0.373 e. The number of amides is 1. The van der Waals surface area contributed by atoms with Gasteiger partial charge in [0.1, 0.15) is 17.3 Å². The summed E-state index contributed by atoms with van der Waals surface area (Å²) in [6.45, 7) is 5.23. The van der Waals surface area contributed by atoms with Gasteiger partial charge in [0, 0.05) is 60.1 Å². The summed E-state index contributed by atoms with van der Waals surface area (Å²) in [5, 5.41) is 4.75. The molecule has 3 aromatic rings. The van der Waals surface area contributed by atoms with Gasteiger partial charge >= 0.3 is 0 Å². The third-order valence-corrected chi connectivity index (χ3v) is 6.86. The second kappa shape index (κ2) is 9.07. The van der Waals surface area contributed by atoms with Crippen molar-refractivity contribution < 1.29 is 13.9 Å². The van der Waals surface area contributed by atoms with Gasteiger partial charge in [-0.3, -0.25) is 9.48 Å². The molecule has 9 heteroatoms. The van der Waals surface area contributed by atoms with E-state index in [9.17, 15) is 9.18 Å². The number of carbonyl (C=O) groups is 1. The van der Waals surface area contributed by atoms with Crippen molar-refractivity contribution in [2.24, 2.45) is 0 Å². The number of carbonyl (C=O) groups excluding carboxylic acids is 1. The lowest BCUT2D eigenvalue weighted by Gasteiger charge is -2.30. The van der Waals surface area contributed by atoms with Gasteiger partial charge in [0.15, 0.2) is 0 Å². The van der Waals surface area contributed by atoms with E-state index in [0.717, 1.165) is 12.0 Å². The minimum atomic E-state index is -0.461. The number of hydrogen-bond donors (Lipinski definition) is 0. The van der Waals surface area contributed by atoms with Gasteiger partial charge in [-0.2, -0.15) is 5.10 Å². The van der Waals surface area contributed by atoms with Gasteiger partial charge in [-0.1, -0.05) is 11.6 Å². The number of halogens is 2. The molecule has 0 radical (unpaired) electrons. The zero-order chi connectivity index (χ0) is 24.0. The topological polar surface area (TPSA) is 73.1 Å². The van der Waals surface area contributed by atoms with E-state index in [1.807, 2.05) is 17.1 Å². The van der Waals surface area contributed by atoms with Crippen LogP contribution in [0.3, 0.4) is 0 Å². The highest BCUT2D eigenvalue weighted by Gasteiger charge is 2.33. The Balaban J connectivity index is 1.55. The Bertz CT molecular complexity index is 1240. The van der Waals surface area contributed by atoms with Crippen LogP contribution in [-0.2, 0) is 11.2 Å². The Morgan fingerprint density at radius 2 is 2.03 bits per heavy atom. The lowest BCUT2D eigenvalue weighted by molar-refractivity contribution is 0.00386. The molecule has 0 bridgehead atoms. The van der Waals surface area contributed by atoms with Crippen LogP contribution in [-0.4, -0.2) is 50.8 Å². The molecule has 0 N–H and O–H groups in total. The molecule has 2 aromatic heterocycles. The van der Waals surface area contributed by atoms with Crippen molar-refractivity contribution in [3.8, 4) is 11.3 Å². The summed E-state index contributed by atoms with van der Waals surface area (Å²) in [6, 6.07) is 4.80. The molecule has 1 saturated heterocycles. The van der Waals surface area contributed by atoms with Gasteiger partial charge in [0.25, 0.3) is 5.91 Å². The molecule has 0 saturated carbocycles. The molecule has 0 unspecified atom stereocenters. The summed E-state index contributed by atoms with van der Waals surface area (Å²) in [4.78, 5) is 24.2. The molecule has 1 aromatic carbocycles. The maximum Gasteiger partial charge on any atom is 0.272 e. The third kappa shape index (κ3) is 4.20. The first-order chi connectivity index (χ1) is 16.3. The molecule has 7 nitrogen and oxygen atoms in total. The Hall–Kier alpha value is -2.84. The predicted octanol–water partition coefficient (Wildman–Crippen LogP) is 4.98. The van der Waals surface area contributed by atoms with Gasteiger partial charge in [-0.15, -0.1) is 0 Å². The first kappa shape index (κ1) is 22.9. The van der Waals surface area contributed by atoms with Gasteiger partial charge in [0.05, 0.1) is 18.0 Å². The van der Waals surface area contributed by atoms with Crippen LogP contribution in [0.25, 0.3) is 11.3 Å². The summed E-state index contributed by atoms with van der Waals surface area (Å²) >= 11 is 5.98. The fourth-order valence-corrected chi connectivity index (χ4v) is 4.79. The van der Waals surface area contributed by atoms with Gasteiger partial charge in [-0.05, 0) is 51.3 Å². The fourth-order valence-electron chi connectivity index (χ4n) is 4.63. The van der Waals surface area contributed by atoms with E-state index in [-0.39, 0.29) is 24.0 Å². The summed E-state index contributed by atoms with van der Waals surface area (Å²) < 4.78 is 22.9. The van der Waals surface area contributed by atoms with E-state index in [1.54, 1.807) is 24.1 Å². The van der Waals surface area contributed by atoms with Gasteiger partial charge < -0.3 is 9.64 Å². The Morgan fingerprint density at radius 1 is 1.24 bits per heavy atom. The quantitative estimate of drug-likeness (QED) is 0.523. The van der Waals surface area contributed by atoms with Crippen LogP contribution in [0.2, 0.25) is 5.02 Å². The first-order valence-electron chi connectivity index (χ1n) is 11.6. The SMILES string of the molecule is CC(C)n1cc([C@@H]2C[C@H](c3nc4c(c(-c5ccc(Cl)cc5F)n3)CCN(C)C4=O)CCO2)cn1. The Labute approximate surface area is 202 Å². The number of fused-ring (bicyclic) bond motifs is 1. The number of aromatic nitrogens is 4. The van der Waals surface area contributed by atoms with Crippen LogP contribution in [0.15, 0.2) is 30.6 Å². The van der Waals surface area contributed by atoms with Crippen molar-refractivity contribution >= 4 is 17.5 Å². The highest BCUT2D eigenvalue weighted by molar-refractivity contribution is 6.30. The van der Waals surface area contributed by atoms with Crippen molar-refractivity contribution in [3.05, 3.63) is 64.1 Å². The molecule has 0 aliphatic carbocycles. The Morgan fingerprint density at radius 3 is 2.76 bits per heavy atom. The van der Waals surface area contributed by atoms with E-state index < -0.39 is 5.82 Å². The van der Waals surface area contributed by atoms with Crippen molar-refractivity contribution in [1.29, 1.82) is 0 Å². The van der Waals surface area contributed by atoms with Gasteiger partial charge in [-0.25, -0.2) is 14.4 Å². The average molecular weight is 484 g/mol. The zero-order valence-corrected chi connectivity index (χ0v) is 20.2. The van der Waals surface area contributed by atoms with Crippen LogP contribution in [0.1, 0.15) is 72.2 Å². The summed E-state index contributed by atoms with van der Waals surface area (Å²) in [6.07, 6.45) is 5.67. The largest absolute Gasteiger partial charge is 0.373 e. The molecule has 34 heavy (non-hydrogen) atoms. The fraction of sp³-hybridized carbons (Fsp3) is 0.440. The summed E-state index contributed by atoms with van der Waals surface area (Å²) in [5.41, 5.74) is 2.87. The maximum absolute atomic E-state index is 14.9. The second-order valence-electron chi connectivity index (χ2n) is 9.29. The molecule has 2 aliphatic rings. The number of likely N-dealkylation sites (N-methyl/N-ethyl adjacent to an activating group) is 1. The standard InChI is InChI=1S/C25H27ClFN5O2/c1-14(2)32-13-16(12-28-32)21-10-15(7-9-34-21)24-29-22(18-5-4-17(26)11-20(18)27)19-6-8-31(3)25(33)23(19)30-24/h4-5,11-15,21H,6-10H2,1-3H3/t15-,21+/m1/s1. The number of rotatable bonds is 4. The van der Waals surface area contributed by atoms with E-state index in [1.165, 1.54) is 6.07 Å². The average Bonchev–Trinajstić information content (AvgIpc) is 3.32. The molecule has 1 fully saturated rings. The number of ether oxygens (including phenoxy) is 1. The normalized spacial score (nSPS) is 20.6. The van der Waals surface area contributed by atoms with Crippen LogP contribution < -0.4 is 0 Å². The highest BCUT2D eigenvalue weighted by atomic mass is 35.5. The highest BCUT2D eigenvalue weighted by Crippen LogP contribution is 2.39. The molecular formula is C25H27ClFN5O2. The molecule has 178 valence electrons. The van der Waals surface area contributed by atoms with Crippen LogP contribution >= 0.6 is 11.6 Å². The van der Waals surface area contributed by atoms with Crippen molar-refractivity contribution in [2.45, 2.75) is 51.2 Å². The lowest BCUT2D eigenvalue weighted by Crippen LogP contribution is -2.36. The summed E-state index contributed by atoms with van der Waals surface area (Å²) in [7, 11) is 1.76. The van der Waals surface area contributed by atoms with Crippen LogP contribution in [0.5, 0.6) is 0 Å².